The highest BCUT2D eigenvalue weighted by molar-refractivity contribution is 7.99. The molecule has 0 fully saturated rings. The van der Waals surface area contributed by atoms with Crippen molar-refractivity contribution in [3.05, 3.63) is 18.0 Å². The highest BCUT2D eigenvalue weighted by Crippen LogP contribution is 2.23. The molecule has 30 heavy (non-hydrogen) atoms. The van der Waals surface area contributed by atoms with Gasteiger partial charge in [0, 0.05) is 35.5 Å². The SMILES string of the molecule is Cc1cc2cn1CCCCC(C(=O)O)NC(=O)C(NC(=O)CCC(N)C(=O)O)CS2. The van der Waals surface area contributed by atoms with Crippen molar-refractivity contribution in [1.82, 2.24) is 15.2 Å². The Hall–Kier alpha value is -2.53. The second-order valence-electron chi connectivity index (χ2n) is 7.32. The minimum Gasteiger partial charge on any atom is -0.480 e. The average Bonchev–Trinajstić information content (AvgIpc) is 3.04. The molecular formula is C19H28N4O6S. The molecule has 11 heteroatoms. The summed E-state index contributed by atoms with van der Waals surface area (Å²) in [5.74, 6) is -3.22. The maximum absolute atomic E-state index is 12.7. The van der Waals surface area contributed by atoms with Crippen molar-refractivity contribution in [2.75, 3.05) is 5.75 Å². The molecule has 0 saturated carbocycles. The fraction of sp³-hybridized carbons (Fsp3) is 0.579. The molecule has 3 atom stereocenters. The lowest BCUT2D eigenvalue weighted by Gasteiger charge is -2.21. The van der Waals surface area contributed by atoms with Crippen LogP contribution in [0.15, 0.2) is 17.2 Å². The van der Waals surface area contributed by atoms with Crippen LogP contribution in [0.4, 0.5) is 0 Å². The molecular weight excluding hydrogens is 412 g/mol. The molecule has 1 aliphatic rings. The van der Waals surface area contributed by atoms with Crippen molar-refractivity contribution < 1.29 is 29.4 Å². The van der Waals surface area contributed by atoms with Crippen molar-refractivity contribution in [1.29, 1.82) is 0 Å². The third-order valence-electron chi connectivity index (χ3n) is 4.91. The zero-order chi connectivity index (χ0) is 22.3. The number of hydrogen-bond acceptors (Lipinski definition) is 6. The predicted molar refractivity (Wildman–Crippen MR) is 110 cm³/mol. The molecule has 1 aliphatic heterocycles. The Morgan fingerprint density at radius 2 is 2.10 bits per heavy atom. The van der Waals surface area contributed by atoms with Crippen molar-refractivity contribution in [2.45, 2.75) is 68.6 Å². The van der Waals surface area contributed by atoms with Crippen LogP contribution in [0.5, 0.6) is 0 Å². The summed E-state index contributed by atoms with van der Waals surface area (Å²) < 4.78 is 2.09. The first-order valence-electron chi connectivity index (χ1n) is 9.78. The molecule has 2 heterocycles. The Morgan fingerprint density at radius 3 is 2.77 bits per heavy atom. The van der Waals surface area contributed by atoms with E-state index < -0.39 is 41.9 Å². The zero-order valence-corrected chi connectivity index (χ0v) is 17.6. The molecule has 2 bridgehead atoms. The van der Waals surface area contributed by atoms with Crippen LogP contribution in [-0.2, 0) is 25.7 Å². The van der Waals surface area contributed by atoms with E-state index in [1.165, 1.54) is 11.8 Å². The Morgan fingerprint density at radius 1 is 1.37 bits per heavy atom. The molecule has 10 nitrogen and oxygen atoms in total. The number of hydrogen-bond donors (Lipinski definition) is 5. The molecule has 1 aromatic rings. The molecule has 0 radical (unpaired) electrons. The second-order valence-corrected chi connectivity index (χ2v) is 8.41. The van der Waals surface area contributed by atoms with Gasteiger partial charge >= 0.3 is 11.9 Å². The normalized spacial score (nSPS) is 21.3. The van der Waals surface area contributed by atoms with Gasteiger partial charge in [-0.05, 0) is 38.7 Å². The monoisotopic (exact) mass is 440 g/mol. The van der Waals surface area contributed by atoms with Crippen LogP contribution in [0.1, 0.15) is 37.8 Å². The number of aliphatic carboxylic acids is 2. The number of nitrogens with zero attached hydrogens (tertiary/aromatic N) is 1. The summed E-state index contributed by atoms with van der Waals surface area (Å²) in [5, 5.41) is 23.3. The van der Waals surface area contributed by atoms with Gasteiger partial charge in [0.1, 0.15) is 18.1 Å². The molecule has 166 valence electrons. The first kappa shape index (κ1) is 23.7. The van der Waals surface area contributed by atoms with E-state index in [0.29, 0.717) is 6.42 Å². The molecule has 1 aromatic heterocycles. The Balaban J connectivity index is 2.12. The Labute approximate surface area is 178 Å². The molecule has 0 aromatic carbocycles. The standard InChI is InChI=1S/C19H28N4O6S/c1-11-8-12-9-23(11)7-3-2-4-14(19(28)29)22-17(25)15(10-30-12)21-16(24)6-5-13(20)18(26)27/h8-9,13-15H,2-7,10,20H2,1H3,(H,21,24)(H,22,25)(H,26,27)(H,28,29). The molecule has 0 saturated heterocycles. The summed E-state index contributed by atoms with van der Waals surface area (Å²) in [7, 11) is 0. The predicted octanol–water partition coefficient (Wildman–Crippen LogP) is 0.319. The number of thioether (sulfide) groups is 1. The van der Waals surface area contributed by atoms with E-state index in [4.69, 9.17) is 10.8 Å². The largest absolute Gasteiger partial charge is 0.480 e. The fourth-order valence-corrected chi connectivity index (χ4v) is 4.15. The summed E-state index contributed by atoms with van der Waals surface area (Å²) in [5.41, 5.74) is 6.48. The highest BCUT2D eigenvalue weighted by Gasteiger charge is 2.27. The lowest BCUT2D eigenvalue weighted by atomic mass is 10.1. The topological polar surface area (TPSA) is 164 Å². The van der Waals surface area contributed by atoms with Gasteiger partial charge in [-0.3, -0.25) is 14.4 Å². The van der Waals surface area contributed by atoms with Crippen LogP contribution in [0, 0.1) is 6.92 Å². The van der Waals surface area contributed by atoms with Crippen molar-refractivity contribution in [3.8, 4) is 0 Å². The number of carbonyl (C=O) groups excluding carboxylic acids is 2. The molecule has 0 spiro atoms. The molecule has 6 N–H and O–H groups in total. The van der Waals surface area contributed by atoms with E-state index in [9.17, 15) is 24.3 Å². The van der Waals surface area contributed by atoms with Gasteiger partial charge in [0.15, 0.2) is 0 Å². The van der Waals surface area contributed by atoms with E-state index in [2.05, 4.69) is 15.2 Å². The highest BCUT2D eigenvalue weighted by atomic mass is 32.2. The van der Waals surface area contributed by atoms with Gasteiger partial charge < -0.3 is 31.1 Å². The van der Waals surface area contributed by atoms with Crippen LogP contribution < -0.4 is 16.4 Å². The van der Waals surface area contributed by atoms with E-state index in [1.807, 2.05) is 19.2 Å². The molecule has 3 unspecified atom stereocenters. The minimum absolute atomic E-state index is 0.0670. The van der Waals surface area contributed by atoms with Gasteiger partial charge in [-0.1, -0.05) is 0 Å². The van der Waals surface area contributed by atoms with Crippen molar-refractivity contribution in [2.24, 2.45) is 5.73 Å². The Kier molecular flexibility index (Phi) is 8.72. The molecule has 0 aliphatic carbocycles. The molecule has 2 amide bonds. The third-order valence-corrected chi connectivity index (χ3v) is 5.97. The van der Waals surface area contributed by atoms with Gasteiger partial charge in [0.25, 0.3) is 0 Å². The van der Waals surface area contributed by atoms with E-state index >= 15 is 0 Å². The van der Waals surface area contributed by atoms with Gasteiger partial charge in [-0.15, -0.1) is 11.8 Å². The number of carbonyl (C=O) groups is 4. The van der Waals surface area contributed by atoms with Gasteiger partial charge in [-0.2, -0.15) is 0 Å². The summed E-state index contributed by atoms with van der Waals surface area (Å²) >= 11 is 1.38. The van der Waals surface area contributed by atoms with Crippen molar-refractivity contribution in [3.63, 3.8) is 0 Å². The van der Waals surface area contributed by atoms with E-state index in [1.54, 1.807) is 0 Å². The van der Waals surface area contributed by atoms with Crippen LogP contribution in [0.25, 0.3) is 0 Å². The van der Waals surface area contributed by atoms with E-state index in [0.717, 1.165) is 23.6 Å². The summed E-state index contributed by atoms with van der Waals surface area (Å²) in [6, 6.07) is -1.17. The van der Waals surface area contributed by atoms with E-state index in [-0.39, 0.29) is 25.0 Å². The first-order chi connectivity index (χ1) is 14.2. The van der Waals surface area contributed by atoms with Gasteiger partial charge in [0.2, 0.25) is 11.8 Å². The quantitative estimate of drug-likeness (QED) is 0.422. The average molecular weight is 441 g/mol. The smallest absolute Gasteiger partial charge is 0.326 e. The first-order valence-corrected chi connectivity index (χ1v) is 10.8. The number of aromatic nitrogens is 1. The number of nitrogens with two attached hydrogens (primary N) is 1. The van der Waals surface area contributed by atoms with Crippen LogP contribution in [0.2, 0.25) is 0 Å². The van der Waals surface area contributed by atoms with Gasteiger partial charge in [0.05, 0.1) is 0 Å². The van der Waals surface area contributed by atoms with Crippen LogP contribution in [0.3, 0.4) is 0 Å². The lowest BCUT2D eigenvalue weighted by Crippen LogP contribution is -2.52. The molecule has 2 rings (SSSR count). The third kappa shape index (κ3) is 7.06. The summed E-state index contributed by atoms with van der Waals surface area (Å²) in [6.07, 6.45) is 3.46. The van der Waals surface area contributed by atoms with Crippen LogP contribution in [-0.4, -0.2) is 62.4 Å². The second kappa shape index (κ2) is 11.0. The van der Waals surface area contributed by atoms with Gasteiger partial charge in [-0.25, -0.2) is 4.79 Å². The number of rotatable bonds is 6. The Bertz CT molecular complexity index is 796. The number of nitrogens with one attached hydrogen (secondary N) is 2. The fourth-order valence-electron chi connectivity index (χ4n) is 3.10. The van der Waals surface area contributed by atoms with Crippen LogP contribution >= 0.6 is 11.8 Å². The number of carboxylic acid groups (broad SMARTS) is 2. The summed E-state index contributed by atoms with van der Waals surface area (Å²) in [6.45, 7) is 2.74. The minimum atomic E-state index is -1.21. The van der Waals surface area contributed by atoms with Crippen molar-refractivity contribution >= 4 is 35.5 Å². The lowest BCUT2D eigenvalue weighted by molar-refractivity contribution is -0.142. The number of amides is 2. The number of fused-ring (bicyclic) bond motifs is 2. The summed E-state index contributed by atoms with van der Waals surface area (Å²) in [4.78, 5) is 48.2. The number of carboxylic acids is 2. The maximum Gasteiger partial charge on any atom is 0.326 e. The zero-order valence-electron chi connectivity index (χ0n) is 16.8. The maximum atomic E-state index is 12.7. The number of aryl methyl sites for hydroxylation is 2.